The number of hydrogen-bond acceptors (Lipinski definition) is 3. The van der Waals surface area contributed by atoms with Gasteiger partial charge in [0.15, 0.2) is 0 Å². The molecule has 0 amide bonds. The van der Waals surface area contributed by atoms with Gasteiger partial charge in [-0.2, -0.15) is 0 Å². The third-order valence-corrected chi connectivity index (χ3v) is 5.90. The summed E-state index contributed by atoms with van der Waals surface area (Å²) >= 11 is 0. The SMILES string of the molecule is CC(C)C1CCCN(CCC2CCCC2(N)CO)CC1. The Hall–Kier alpha value is -0.120. The quantitative estimate of drug-likeness (QED) is 0.815. The lowest BCUT2D eigenvalue weighted by atomic mass is 9.86. The van der Waals surface area contributed by atoms with Gasteiger partial charge in [-0.3, -0.25) is 0 Å². The van der Waals surface area contributed by atoms with E-state index >= 15 is 0 Å². The maximum Gasteiger partial charge on any atom is 0.0613 e. The fourth-order valence-corrected chi connectivity index (χ4v) is 4.22. The van der Waals surface area contributed by atoms with Crippen molar-refractivity contribution in [1.29, 1.82) is 0 Å². The van der Waals surface area contributed by atoms with Crippen molar-refractivity contribution in [3.63, 3.8) is 0 Å². The molecule has 3 unspecified atom stereocenters. The zero-order valence-corrected chi connectivity index (χ0v) is 13.5. The van der Waals surface area contributed by atoms with E-state index in [2.05, 4.69) is 18.7 Å². The van der Waals surface area contributed by atoms with Crippen LogP contribution in [0.25, 0.3) is 0 Å². The summed E-state index contributed by atoms with van der Waals surface area (Å²) in [6, 6.07) is 0. The Morgan fingerprint density at radius 3 is 2.70 bits per heavy atom. The first kappa shape index (κ1) is 16.3. The molecule has 2 fully saturated rings. The minimum atomic E-state index is -0.285. The van der Waals surface area contributed by atoms with E-state index in [1.165, 1.54) is 58.2 Å². The molecule has 3 atom stereocenters. The molecule has 0 radical (unpaired) electrons. The number of aliphatic hydroxyl groups is 1. The van der Waals surface area contributed by atoms with Crippen molar-refractivity contribution in [2.24, 2.45) is 23.5 Å². The van der Waals surface area contributed by atoms with Gasteiger partial charge in [-0.25, -0.2) is 0 Å². The van der Waals surface area contributed by atoms with Gasteiger partial charge in [0.25, 0.3) is 0 Å². The molecule has 3 N–H and O–H groups in total. The summed E-state index contributed by atoms with van der Waals surface area (Å²) in [5.41, 5.74) is 6.06. The highest BCUT2D eigenvalue weighted by molar-refractivity contribution is 4.96. The molecule has 2 aliphatic rings. The first-order valence-electron chi connectivity index (χ1n) is 8.67. The maximum atomic E-state index is 9.53. The lowest BCUT2D eigenvalue weighted by molar-refractivity contribution is 0.144. The van der Waals surface area contributed by atoms with Crippen LogP contribution in [-0.2, 0) is 0 Å². The fraction of sp³-hybridized carbons (Fsp3) is 1.00. The van der Waals surface area contributed by atoms with Crippen LogP contribution in [0.3, 0.4) is 0 Å². The van der Waals surface area contributed by atoms with E-state index in [0.29, 0.717) is 5.92 Å². The zero-order valence-electron chi connectivity index (χ0n) is 13.5. The number of rotatable bonds is 5. The predicted octanol–water partition coefficient (Wildman–Crippen LogP) is 2.62. The van der Waals surface area contributed by atoms with E-state index in [1.807, 2.05) is 0 Å². The van der Waals surface area contributed by atoms with Gasteiger partial charge in [-0.05, 0) is 75.9 Å². The lowest BCUT2D eigenvalue weighted by Gasteiger charge is -2.31. The Morgan fingerprint density at radius 1 is 1.20 bits per heavy atom. The predicted molar refractivity (Wildman–Crippen MR) is 84.6 cm³/mol. The van der Waals surface area contributed by atoms with Gasteiger partial charge in [0.05, 0.1) is 6.61 Å². The van der Waals surface area contributed by atoms with E-state index in [1.54, 1.807) is 0 Å². The summed E-state index contributed by atoms with van der Waals surface area (Å²) in [6.45, 7) is 8.58. The van der Waals surface area contributed by atoms with Gasteiger partial charge in [0, 0.05) is 5.54 Å². The van der Waals surface area contributed by atoms with Crippen LogP contribution in [0.4, 0.5) is 0 Å². The average Bonchev–Trinajstić information content (AvgIpc) is 2.65. The topological polar surface area (TPSA) is 49.5 Å². The Bertz CT molecular complexity index is 295. The fourth-order valence-electron chi connectivity index (χ4n) is 4.22. The summed E-state index contributed by atoms with van der Waals surface area (Å²) in [5, 5.41) is 9.53. The minimum absolute atomic E-state index is 0.160. The van der Waals surface area contributed by atoms with Gasteiger partial charge >= 0.3 is 0 Å². The van der Waals surface area contributed by atoms with Crippen LogP contribution in [-0.4, -0.2) is 41.8 Å². The largest absolute Gasteiger partial charge is 0.394 e. The molecule has 0 aromatic heterocycles. The maximum absolute atomic E-state index is 9.53. The van der Waals surface area contributed by atoms with E-state index in [9.17, 15) is 5.11 Å². The zero-order chi connectivity index (χ0) is 14.6. The van der Waals surface area contributed by atoms with Crippen LogP contribution in [0.1, 0.15) is 58.8 Å². The summed E-state index contributed by atoms with van der Waals surface area (Å²) in [5.74, 6) is 2.27. The molecule has 20 heavy (non-hydrogen) atoms. The second-order valence-corrected chi connectivity index (χ2v) is 7.55. The van der Waals surface area contributed by atoms with Crippen molar-refractivity contribution in [3.05, 3.63) is 0 Å². The summed E-state index contributed by atoms with van der Waals surface area (Å²) in [6.07, 6.45) is 8.68. The van der Waals surface area contributed by atoms with Crippen LogP contribution in [0.15, 0.2) is 0 Å². The number of likely N-dealkylation sites (tertiary alicyclic amines) is 1. The minimum Gasteiger partial charge on any atom is -0.394 e. The van der Waals surface area contributed by atoms with Gasteiger partial charge in [-0.15, -0.1) is 0 Å². The second kappa shape index (κ2) is 7.24. The van der Waals surface area contributed by atoms with Crippen molar-refractivity contribution in [3.8, 4) is 0 Å². The number of hydrogen-bond donors (Lipinski definition) is 2. The van der Waals surface area contributed by atoms with E-state index in [0.717, 1.165) is 18.3 Å². The molecule has 1 aliphatic carbocycles. The molecule has 1 aliphatic heterocycles. The molecule has 1 heterocycles. The molecular weight excluding hydrogens is 248 g/mol. The monoisotopic (exact) mass is 282 g/mol. The van der Waals surface area contributed by atoms with Crippen molar-refractivity contribution < 1.29 is 5.11 Å². The van der Waals surface area contributed by atoms with Gasteiger partial charge in [0.1, 0.15) is 0 Å². The molecule has 1 saturated heterocycles. The number of nitrogens with zero attached hydrogens (tertiary/aromatic N) is 1. The summed E-state index contributed by atoms with van der Waals surface area (Å²) in [4.78, 5) is 2.64. The summed E-state index contributed by atoms with van der Waals surface area (Å²) < 4.78 is 0. The molecule has 3 nitrogen and oxygen atoms in total. The number of aliphatic hydroxyl groups excluding tert-OH is 1. The second-order valence-electron chi connectivity index (χ2n) is 7.55. The molecule has 2 rings (SSSR count). The molecule has 3 heteroatoms. The van der Waals surface area contributed by atoms with Crippen molar-refractivity contribution >= 4 is 0 Å². The Labute approximate surface area is 124 Å². The van der Waals surface area contributed by atoms with Gasteiger partial charge in [-0.1, -0.05) is 20.3 Å². The van der Waals surface area contributed by atoms with Crippen LogP contribution < -0.4 is 5.73 Å². The molecule has 0 aromatic rings. The molecule has 1 saturated carbocycles. The van der Waals surface area contributed by atoms with E-state index < -0.39 is 0 Å². The molecule has 0 bridgehead atoms. The normalized spacial score (nSPS) is 36.5. The first-order chi connectivity index (χ1) is 9.55. The van der Waals surface area contributed by atoms with Crippen LogP contribution in [0, 0.1) is 17.8 Å². The van der Waals surface area contributed by atoms with Crippen LogP contribution in [0.5, 0.6) is 0 Å². The molecule has 0 aromatic carbocycles. The highest BCUT2D eigenvalue weighted by atomic mass is 16.3. The highest BCUT2D eigenvalue weighted by Gasteiger charge is 2.38. The van der Waals surface area contributed by atoms with Crippen LogP contribution >= 0.6 is 0 Å². The molecule has 118 valence electrons. The van der Waals surface area contributed by atoms with Gasteiger partial charge in [0.2, 0.25) is 0 Å². The average molecular weight is 282 g/mol. The van der Waals surface area contributed by atoms with Crippen LogP contribution in [0.2, 0.25) is 0 Å². The Kier molecular flexibility index (Phi) is 5.88. The number of nitrogens with two attached hydrogens (primary N) is 1. The highest BCUT2D eigenvalue weighted by Crippen LogP contribution is 2.36. The Morgan fingerprint density at radius 2 is 2.00 bits per heavy atom. The molecular formula is C17H34N2O. The van der Waals surface area contributed by atoms with E-state index in [4.69, 9.17) is 5.73 Å². The standard InChI is InChI=1S/C17H34N2O/c1-14(2)15-5-4-10-19(11-7-15)12-8-16-6-3-9-17(16,18)13-20/h14-16,20H,3-13,18H2,1-2H3. The third-order valence-electron chi connectivity index (χ3n) is 5.90. The lowest BCUT2D eigenvalue weighted by Crippen LogP contribution is -2.47. The molecule has 0 spiro atoms. The van der Waals surface area contributed by atoms with E-state index in [-0.39, 0.29) is 12.1 Å². The van der Waals surface area contributed by atoms with Crippen molar-refractivity contribution in [1.82, 2.24) is 4.90 Å². The van der Waals surface area contributed by atoms with Gasteiger partial charge < -0.3 is 15.7 Å². The Balaban J connectivity index is 1.77. The van der Waals surface area contributed by atoms with Crippen molar-refractivity contribution in [2.75, 3.05) is 26.2 Å². The van der Waals surface area contributed by atoms with Crippen molar-refractivity contribution in [2.45, 2.75) is 64.3 Å². The summed E-state index contributed by atoms with van der Waals surface area (Å²) in [7, 11) is 0. The smallest absolute Gasteiger partial charge is 0.0613 e. The first-order valence-corrected chi connectivity index (χ1v) is 8.67. The third kappa shape index (κ3) is 3.96.